The first-order valence-corrected chi connectivity index (χ1v) is 7.74. The molecule has 0 N–H and O–H groups in total. The molecule has 1 unspecified atom stereocenters. The van der Waals surface area contributed by atoms with Crippen molar-refractivity contribution in [3.63, 3.8) is 0 Å². The quantitative estimate of drug-likeness (QED) is 0.640. The lowest BCUT2D eigenvalue weighted by Crippen LogP contribution is -2.19. The fourth-order valence-corrected chi connectivity index (χ4v) is 2.77. The lowest BCUT2D eigenvalue weighted by Gasteiger charge is -2.26. The first-order valence-electron chi connectivity index (χ1n) is 7.74. The summed E-state index contributed by atoms with van der Waals surface area (Å²) in [6, 6.07) is 12.9. The van der Waals surface area contributed by atoms with Crippen LogP contribution in [0, 0.1) is 0 Å². The summed E-state index contributed by atoms with van der Waals surface area (Å²) < 4.78 is 16.0. The van der Waals surface area contributed by atoms with Gasteiger partial charge in [-0.3, -0.25) is 9.59 Å². The van der Waals surface area contributed by atoms with Gasteiger partial charge in [0.15, 0.2) is 0 Å². The molecule has 0 saturated carbocycles. The van der Waals surface area contributed by atoms with Crippen molar-refractivity contribution < 1.29 is 23.8 Å². The topological polar surface area (TPSA) is 61.8 Å². The van der Waals surface area contributed by atoms with Crippen molar-refractivity contribution in [2.24, 2.45) is 0 Å². The Labute approximate surface area is 140 Å². The Morgan fingerprint density at radius 2 is 1.58 bits per heavy atom. The Bertz CT molecular complexity index is 764. The number of rotatable bonds is 3. The smallest absolute Gasteiger partial charge is 0.308 e. The zero-order valence-electron chi connectivity index (χ0n) is 13.6. The molecule has 0 aliphatic carbocycles. The van der Waals surface area contributed by atoms with E-state index in [1.165, 1.54) is 13.8 Å². The second kappa shape index (κ2) is 6.74. The van der Waals surface area contributed by atoms with Crippen LogP contribution in [-0.4, -0.2) is 18.5 Å². The van der Waals surface area contributed by atoms with Gasteiger partial charge in [-0.2, -0.15) is 0 Å². The molecule has 0 fully saturated rings. The summed E-state index contributed by atoms with van der Waals surface area (Å²) >= 11 is 0. The third-order valence-electron chi connectivity index (χ3n) is 3.82. The predicted octanol–water partition coefficient (Wildman–Crippen LogP) is 3.26. The van der Waals surface area contributed by atoms with Crippen LogP contribution < -0.4 is 14.2 Å². The van der Waals surface area contributed by atoms with Crippen LogP contribution in [0.15, 0.2) is 42.5 Å². The highest BCUT2D eigenvalue weighted by Gasteiger charge is 2.22. The van der Waals surface area contributed by atoms with Crippen LogP contribution >= 0.6 is 0 Å². The summed E-state index contributed by atoms with van der Waals surface area (Å²) in [6.07, 6.45) is 0.836. The highest BCUT2D eigenvalue weighted by molar-refractivity contribution is 5.70. The minimum absolute atomic E-state index is 0.225. The van der Waals surface area contributed by atoms with Crippen LogP contribution in [0.5, 0.6) is 17.2 Å². The summed E-state index contributed by atoms with van der Waals surface area (Å²) in [5.41, 5.74) is 2.20. The lowest BCUT2D eigenvalue weighted by atomic mass is 9.90. The molecular weight excluding hydrogens is 308 g/mol. The van der Waals surface area contributed by atoms with E-state index in [2.05, 4.69) is 0 Å². The first kappa shape index (κ1) is 16.1. The van der Waals surface area contributed by atoms with Crippen LogP contribution in [0.4, 0.5) is 0 Å². The largest absolute Gasteiger partial charge is 0.493 e. The van der Waals surface area contributed by atoms with Gasteiger partial charge in [0.05, 0.1) is 6.61 Å². The van der Waals surface area contributed by atoms with Gasteiger partial charge < -0.3 is 14.2 Å². The Balaban J connectivity index is 1.72. The monoisotopic (exact) mass is 326 g/mol. The van der Waals surface area contributed by atoms with E-state index in [0.717, 1.165) is 23.3 Å². The van der Waals surface area contributed by atoms with Gasteiger partial charge in [-0.25, -0.2) is 0 Å². The van der Waals surface area contributed by atoms with E-state index in [1.807, 2.05) is 18.2 Å². The van der Waals surface area contributed by atoms with Gasteiger partial charge in [0.25, 0.3) is 0 Å². The van der Waals surface area contributed by atoms with Crippen LogP contribution in [-0.2, 0) is 16.0 Å². The number of carbonyl (C=O) groups excluding carboxylic acids is 2. The van der Waals surface area contributed by atoms with Crippen LogP contribution in [0.2, 0.25) is 0 Å². The van der Waals surface area contributed by atoms with E-state index >= 15 is 0 Å². The number of fused-ring (bicyclic) bond motifs is 1. The SMILES string of the molecule is CC(=O)Oc1ccc(C2COc3cc(OC(C)=O)ccc3C2)cc1. The zero-order valence-corrected chi connectivity index (χ0v) is 13.6. The normalized spacial score (nSPS) is 15.8. The lowest BCUT2D eigenvalue weighted by molar-refractivity contribution is -0.132. The molecule has 0 bridgehead atoms. The third-order valence-corrected chi connectivity index (χ3v) is 3.82. The molecule has 0 radical (unpaired) electrons. The van der Waals surface area contributed by atoms with Gasteiger partial charge in [-0.15, -0.1) is 0 Å². The second-order valence-electron chi connectivity index (χ2n) is 5.74. The molecule has 2 aromatic rings. The van der Waals surface area contributed by atoms with E-state index in [9.17, 15) is 9.59 Å². The van der Waals surface area contributed by atoms with Crippen molar-refractivity contribution in [3.05, 3.63) is 53.6 Å². The zero-order chi connectivity index (χ0) is 17.1. The number of carbonyl (C=O) groups is 2. The molecular formula is C19H18O5. The molecule has 124 valence electrons. The van der Waals surface area contributed by atoms with Crippen LogP contribution in [0.25, 0.3) is 0 Å². The molecule has 2 aromatic carbocycles. The molecule has 1 aliphatic rings. The van der Waals surface area contributed by atoms with Gasteiger partial charge in [0.1, 0.15) is 17.2 Å². The number of benzene rings is 2. The van der Waals surface area contributed by atoms with Gasteiger partial charge >= 0.3 is 11.9 Å². The highest BCUT2D eigenvalue weighted by Crippen LogP contribution is 2.35. The fourth-order valence-electron chi connectivity index (χ4n) is 2.77. The molecule has 1 aliphatic heterocycles. The summed E-state index contributed by atoms with van der Waals surface area (Å²) in [4.78, 5) is 22.0. The van der Waals surface area contributed by atoms with E-state index in [-0.39, 0.29) is 17.9 Å². The standard InChI is InChI=1S/C19H18O5/c1-12(20)23-17-6-3-14(4-7-17)16-9-15-5-8-18(24-13(2)21)10-19(15)22-11-16/h3-8,10,16H,9,11H2,1-2H3. The van der Waals surface area contributed by atoms with E-state index in [4.69, 9.17) is 14.2 Å². The molecule has 0 aromatic heterocycles. The average molecular weight is 326 g/mol. The molecule has 1 heterocycles. The maximum atomic E-state index is 11.0. The highest BCUT2D eigenvalue weighted by atomic mass is 16.5. The molecule has 5 heteroatoms. The van der Waals surface area contributed by atoms with Gasteiger partial charge in [0.2, 0.25) is 0 Å². The Kier molecular flexibility index (Phi) is 4.51. The van der Waals surface area contributed by atoms with E-state index in [0.29, 0.717) is 18.1 Å². The van der Waals surface area contributed by atoms with Crippen LogP contribution in [0.3, 0.4) is 0 Å². The van der Waals surface area contributed by atoms with Crippen LogP contribution in [0.1, 0.15) is 30.9 Å². The summed E-state index contributed by atoms with van der Waals surface area (Å²) in [6.45, 7) is 3.29. The van der Waals surface area contributed by atoms with Crippen molar-refractivity contribution in [2.75, 3.05) is 6.61 Å². The molecule has 0 amide bonds. The molecule has 0 spiro atoms. The molecule has 1 atom stereocenters. The Hall–Kier alpha value is -2.82. The van der Waals surface area contributed by atoms with Gasteiger partial charge in [-0.05, 0) is 35.7 Å². The van der Waals surface area contributed by atoms with E-state index in [1.54, 1.807) is 24.3 Å². The summed E-state index contributed by atoms with van der Waals surface area (Å²) in [5.74, 6) is 1.32. The van der Waals surface area contributed by atoms with Crippen molar-refractivity contribution in [3.8, 4) is 17.2 Å². The van der Waals surface area contributed by atoms with Gasteiger partial charge in [0, 0.05) is 25.8 Å². The minimum atomic E-state index is -0.350. The number of hydrogen-bond acceptors (Lipinski definition) is 5. The molecule has 24 heavy (non-hydrogen) atoms. The van der Waals surface area contributed by atoms with Crippen molar-refractivity contribution in [2.45, 2.75) is 26.2 Å². The second-order valence-corrected chi connectivity index (χ2v) is 5.74. The molecule has 0 saturated heterocycles. The van der Waals surface area contributed by atoms with E-state index < -0.39 is 0 Å². The summed E-state index contributed by atoms with van der Waals surface area (Å²) in [5, 5.41) is 0. The first-order chi connectivity index (χ1) is 11.5. The minimum Gasteiger partial charge on any atom is -0.493 e. The Morgan fingerprint density at radius 1 is 0.958 bits per heavy atom. The fraction of sp³-hybridized carbons (Fsp3) is 0.263. The van der Waals surface area contributed by atoms with Crippen molar-refractivity contribution in [1.82, 2.24) is 0 Å². The Morgan fingerprint density at radius 3 is 2.25 bits per heavy atom. The van der Waals surface area contributed by atoms with Gasteiger partial charge in [-0.1, -0.05) is 18.2 Å². The summed E-state index contributed by atoms with van der Waals surface area (Å²) in [7, 11) is 0. The average Bonchev–Trinajstić information content (AvgIpc) is 2.54. The molecule has 3 rings (SSSR count). The van der Waals surface area contributed by atoms with Crippen molar-refractivity contribution >= 4 is 11.9 Å². The molecule has 5 nitrogen and oxygen atoms in total. The number of esters is 2. The van der Waals surface area contributed by atoms with Crippen molar-refractivity contribution in [1.29, 1.82) is 0 Å². The maximum Gasteiger partial charge on any atom is 0.308 e. The number of hydrogen-bond donors (Lipinski definition) is 0. The number of ether oxygens (including phenoxy) is 3. The maximum absolute atomic E-state index is 11.0. The predicted molar refractivity (Wildman–Crippen MR) is 87.4 cm³/mol. The third kappa shape index (κ3) is 3.74.